The summed E-state index contributed by atoms with van der Waals surface area (Å²) in [5.41, 5.74) is 7.98. The van der Waals surface area contributed by atoms with Crippen LogP contribution in [0.4, 0.5) is 0 Å². The molecule has 0 heterocycles. The molecule has 0 fully saturated rings. The van der Waals surface area contributed by atoms with Gasteiger partial charge in [-0.2, -0.15) is 0 Å². The summed E-state index contributed by atoms with van der Waals surface area (Å²) in [5.74, 6) is -0.502. The summed E-state index contributed by atoms with van der Waals surface area (Å²) < 4.78 is 0. The van der Waals surface area contributed by atoms with Crippen LogP contribution in [0, 0.1) is 5.92 Å². The second-order valence-electron chi connectivity index (χ2n) is 2.73. The van der Waals surface area contributed by atoms with Crippen molar-refractivity contribution in [2.24, 2.45) is 11.7 Å². The molecule has 0 aromatic rings. The zero-order chi connectivity index (χ0) is 9.72. The molecular formula is C7H15N3OS. The Morgan fingerprint density at radius 3 is 2.42 bits per heavy atom. The quantitative estimate of drug-likeness (QED) is 0.478. The van der Waals surface area contributed by atoms with Crippen LogP contribution in [-0.2, 0) is 4.79 Å². The van der Waals surface area contributed by atoms with E-state index in [1.807, 2.05) is 6.92 Å². The Bertz CT molecular complexity index is 181. The van der Waals surface area contributed by atoms with Crippen LogP contribution < -0.4 is 11.2 Å². The third-order valence-electron chi connectivity index (χ3n) is 1.40. The van der Waals surface area contributed by atoms with Gasteiger partial charge in [0.15, 0.2) is 0 Å². The van der Waals surface area contributed by atoms with Gasteiger partial charge in [0, 0.05) is 14.1 Å². The normalized spacial score (nSPS) is 12.7. The number of nitrogens with zero attached hydrogens (tertiary/aromatic N) is 1. The predicted molar refractivity (Wildman–Crippen MR) is 52.4 cm³/mol. The van der Waals surface area contributed by atoms with E-state index in [1.54, 1.807) is 19.1 Å². The first-order chi connectivity index (χ1) is 5.49. The molecule has 0 aliphatic rings. The Hall–Kier alpha value is -0.680. The van der Waals surface area contributed by atoms with E-state index in [1.165, 1.54) is 0 Å². The lowest BCUT2D eigenvalue weighted by Crippen LogP contribution is -2.43. The first kappa shape index (κ1) is 11.3. The van der Waals surface area contributed by atoms with Gasteiger partial charge in [-0.15, -0.1) is 0 Å². The Balaban J connectivity index is 4.13. The van der Waals surface area contributed by atoms with Gasteiger partial charge in [0.2, 0.25) is 5.91 Å². The lowest BCUT2D eigenvalue weighted by Gasteiger charge is -2.17. The predicted octanol–water partition coefficient (Wildman–Crippen LogP) is -0.108. The summed E-state index contributed by atoms with van der Waals surface area (Å²) in [4.78, 5) is 11.6. The van der Waals surface area contributed by atoms with Gasteiger partial charge in [-0.1, -0.05) is 19.1 Å². The first-order valence-electron chi connectivity index (χ1n) is 3.76. The number of hydrazine groups is 1. The fourth-order valence-corrected chi connectivity index (χ4v) is 1.09. The van der Waals surface area contributed by atoms with E-state index in [0.717, 1.165) is 0 Å². The zero-order valence-electron chi connectivity index (χ0n) is 7.63. The van der Waals surface area contributed by atoms with Crippen LogP contribution >= 0.6 is 12.2 Å². The van der Waals surface area contributed by atoms with Crippen LogP contribution in [0.2, 0.25) is 0 Å². The largest absolute Gasteiger partial charge is 0.393 e. The summed E-state index contributed by atoms with van der Waals surface area (Å²) in [7, 11) is 3.48. The maximum atomic E-state index is 11.3. The highest BCUT2D eigenvalue weighted by Crippen LogP contribution is 2.02. The first-order valence-corrected chi connectivity index (χ1v) is 4.17. The molecule has 12 heavy (non-hydrogen) atoms. The van der Waals surface area contributed by atoms with Crippen molar-refractivity contribution in [1.29, 1.82) is 0 Å². The van der Waals surface area contributed by atoms with Gasteiger partial charge >= 0.3 is 0 Å². The molecule has 0 bridgehead atoms. The average molecular weight is 189 g/mol. The SMILES string of the molecule is CCC(C(=O)NN(C)C)C(N)=S. The summed E-state index contributed by atoms with van der Waals surface area (Å²) >= 11 is 4.74. The van der Waals surface area contributed by atoms with Gasteiger partial charge in [-0.25, -0.2) is 5.01 Å². The minimum atomic E-state index is -0.359. The Morgan fingerprint density at radius 1 is 1.67 bits per heavy atom. The molecule has 5 heteroatoms. The molecule has 1 atom stereocenters. The molecule has 70 valence electrons. The second kappa shape index (κ2) is 5.05. The van der Waals surface area contributed by atoms with Crippen molar-refractivity contribution in [1.82, 2.24) is 10.4 Å². The molecule has 0 aromatic heterocycles. The Morgan fingerprint density at radius 2 is 2.17 bits per heavy atom. The number of amides is 1. The molecule has 1 amide bonds. The van der Waals surface area contributed by atoms with Crippen molar-refractivity contribution < 1.29 is 4.79 Å². The minimum Gasteiger partial charge on any atom is -0.393 e. The van der Waals surface area contributed by atoms with Gasteiger partial charge in [0.1, 0.15) is 0 Å². The molecule has 0 radical (unpaired) electrons. The molecule has 0 aliphatic heterocycles. The van der Waals surface area contributed by atoms with Crippen molar-refractivity contribution in [3.05, 3.63) is 0 Å². The summed E-state index contributed by atoms with van der Waals surface area (Å²) in [5, 5.41) is 1.57. The van der Waals surface area contributed by atoms with Gasteiger partial charge < -0.3 is 5.73 Å². The van der Waals surface area contributed by atoms with Gasteiger partial charge in [0.25, 0.3) is 0 Å². The average Bonchev–Trinajstić information content (AvgIpc) is 1.85. The fourth-order valence-electron chi connectivity index (χ4n) is 0.814. The molecule has 0 saturated carbocycles. The smallest absolute Gasteiger partial charge is 0.244 e. The van der Waals surface area contributed by atoms with E-state index in [-0.39, 0.29) is 16.8 Å². The number of nitrogens with two attached hydrogens (primary N) is 1. The number of nitrogens with one attached hydrogen (secondary N) is 1. The third-order valence-corrected chi connectivity index (χ3v) is 1.69. The highest BCUT2D eigenvalue weighted by molar-refractivity contribution is 7.80. The second-order valence-corrected chi connectivity index (χ2v) is 3.21. The number of thiocarbonyl (C=S) groups is 1. The van der Waals surface area contributed by atoms with E-state index in [2.05, 4.69) is 5.43 Å². The van der Waals surface area contributed by atoms with Crippen molar-refractivity contribution in [2.45, 2.75) is 13.3 Å². The van der Waals surface area contributed by atoms with Crippen LogP contribution in [0.25, 0.3) is 0 Å². The minimum absolute atomic E-state index is 0.144. The summed E-state index contributed by atoms with van der Waals surface area (Å²) in [6, 6.07) is 0. The van der Waals surface area contributed by atoms with Crippen LogP contribution in [0.5, 0.6) is 0 Å². The highest BCUT2D eigenvalue weighted by atomic mass is 32.1. The molecule has 3 N–H and O–H groups in total. The number of hydrogen-bond acceptors (Lipinski definition) is 3. The lowest BCUT2D eigenvalue weighted by atomic mass is 10.1. The van der Waals surface area contributed by atoms with Crippen LogP contribution in [0.15, 0.2) is 0 Å². The number of hydrogen-bond donors (Lipinski definition) is 2. The monoisotopic (exact) mass is 189 g/mol. The van der Waals surface area contributed by atoms with Crippen molar-refractivity contribution >= 4 is 23.1 Å². The number of carbonyl (C=O) groups excluding carboxylic acids is 1. The van der Waals surface area contributed by atoms with Crippen molar-refractivity contribution in [2.75, 3.05) is 14.1 Å². The van der Waals surface area contributed by atoms with Crippen molar-refractivity contribution in [3.8, 4) is 0 Å². The van der Waals surface area contributed by atoms with Gasteiger partial charge in [-0.05, 0) is 6.42 Å². The van der Waals surface area contributed by atoms with E-state index in [4.69, 9.17) is 18.0 Å². The standard InChI is InChI=1S/C7H15N3OS/c1-4-5(6(8)12)7(11)9-10(2)3/h5H,4H2,1-3H3,(H2,8,12)(H,9,11). The lowest BCUT2D eigenvalue weighted by molar-refractivity contribution is -0.126. The molecule has 0 spiro atoms. The van der Waals surface area contributed by atoms with Gasteiger partial charge in [-0.3, -0.25) is 10.2 Å². The van der Waals surface area contributed by atoms with Crippen LogP contribution in [0.3, 0.4) is 0 Å². The topological polar surface area (TPSA) is 58.4 Å². The maximum Gasteiger partial charge on any atom is 0.244 e. The number of carbonyl (C=O) groups is 1. The highest BCUT2D eigenvalue weighted by Gasteiger charge is 2.18. The Labute approximate surface area is 78.1 Å². The van der Waals surface area contributed by atoms with Gasteiger partial charge in [0.05, 0.1) is 10.9 Å². The number of rotatable bonds is 4. The fraction of sp³-hybridized carbons (Fsp3) is 0.714. The van der Waals surface area contributed by atoms with Crippen LogP contribution in [0.1, 0.15) is 13.3 Å². The van der Waals surface area contributed by atoms with Crippen molar-refractivity contribution in [3.63, 3.8) is 0 Å². The molecule has 0 aliphatic carbocycles. The molecular weight excluding hydrogens is 174 g/mol. The molecule has 4 nitrogen and oxygen atoms in total. The molecule has 0 aromatic carbocycles. The zero-order valence-corrected chi connectivity index (χ0v) is 8.44. The molecule has 0 rings (SSSR count). The Kier molecular flexibility index (Phi) is 4.77. The van der Waals surface area contributed by atoms with E-state index < -0.39 is 0 Å². The van der Waals surface area contributed by atoms with E-state index >= 15 is 0 Å². The molecule has 1 unspecified atom stereocenters. The van der Waals surface area contributed by atoms with E-state index in [0.29, 0.717) is 6.42 Å². The van der Waals surface area contributed by atoms with E-state index in [9.17, 15) is 4.79 Å². The third kappa shape index (κ3) is 3.64. The maximum absolute atomic E-state index is 11.3. The van der Waals surface area contributed by atoms with Crippen LogP contribution in [-0.4, -0.2) is 30.0 Å². The summed E-state index contributed by atoms with van der Waals surface area (Å²) in [6.07, 6.45) is 0.634. The summed E-state index contributed by atoms with van der Waals surface area (Å²) in [6.45, 7) is 1.87. The molecule has 0 saturated heterocycles.